The van der Waals surface area contributed by atoms with Gasteiger partial charge in [-0.2, -0.15) is 0 Å². The molecule has 0 aromatic carbocycles. The maximum atomic E-state index is 12.2. The van der Waals surface area contributed by atoms with Crippen molar-refractivity contribution in [1.29, 1.82) is 0 Å². The van der Waals surface area contributed by atoms with Crippen LogP contribution in [0.5, 0.6) is 0 Å². The molecular formula is C22H40O6. The number of Topliss-reactive ketones (excluding diaryl/α,β-unsaturated/α-hetero) is 1. The SMILES string of the molecule is CCCCCCCC[C@H]1CCC(=O)[C@@H]1CCCCCC(O)(OCCO)C(=O)O. The molecule has 0 amide bonds. The number of carboxylic acid groups (broad SMARTS) is 1. The average Bonchev–Trinajstić information content (AvgIpc) is 3.02. The Morgan fingerprint density at radius 3 is 2.39 bits per heavy atom. The van der Waals surface area contributed by atoms with Gasteiger partial charge in [0.15, 0.2) is 0 Å². The van der Waals surface area contributed by atoms with Crippen molar-refractivity contribution in [3.63, 3.8) is 0 Å². The summed E-state index contributed by atoms with van der Waals surface area (Å²) >= 11 is 0. The molecule has 1 unspecified atom stereocenters. The number of hydrogen-bond acceptors (Lipinski definition) is 5. The fourth-order valence-electron chi connectivity index (χ4n) is 4.27. The van der Waals surface area contributed by atoms with Crippen molar-refractivity contribution in [2.45, 2.75) is 103 Å². The molecule has 1 aliphatic rings. The lowest BCUT2D eigenvalue weighted by Gasteiger charge is -2.23. The van der Waals surface area contributed by atoms with E-state index >= 15 is 0 Å². The molecule has 1 fully saturated rings. The number of unbranched alkanes of at least 4 members (excludes halogenated alkanes) is 7. The summed E-state index contributed by atoms with van der Waals surface area (Å²) < 4.78 is 4.89. The molecule has 0 spiro atoms. The first-order valence-corrected chi connectivity index (χ1v) is 11.2. The Labute approximate surface area is 169 Å². The number of rotatable bonds is 17. The molecule has 0 aliphatic heterocycles. The Bertz CT molecular complexity index is 452. The number of aliphatic hydroxyl groups is 2. The minimum Gasteiger partial charge on any atom is -0.477 e. The predicted octanol–water partition coefficient (Wildman–Crippen LogP) is 4.06. The maximum Gasteiger partial charge on any atom is 0.364 e. The highest BCUT2D eigenvalue weighted by atomic mass is 16.6. The van der Waals surface area contributed by atoms with Gasteiger partial charge in [-0.05, 0) is 31.6 Å². The summed E-state index contributed by atoms with van der Waals surface area (Å²) in [6.45, 7) is 1.68. The molecule has 0 bridgehead atoms. The van der Waals surface area contributed by atoms with Gasteiger partial charge in [0.1, 0.15) is 5.78 Å². The number of carbonyl (C=O) groups is 2. The van der Waals surface area contributed by atoms with E-state index in [9.17, 15) is 14.7 Å². The maximum absolute atomic E-state index is 12.2. The van der Waals surface area contributed by atoms with Gasteiger partial charge in [-0.3, -0.25) is 4.79 Å². The van der Waals surface area contributed by atoms with E-state index in [1.807, 2.05) is 0 Å². The zero-order chi connectivity index (χ0) is 20.8. The van der Waals surface area contributed by atoms with Crippen molar-refractivity contribution in [3.8, 4) is 0 Å². The number of ketones is 1. The normalized spacial score (nSPS) is 21.8. The largest absolute Gasteiger partial charge is 0.477 e. The highest BCUT2D eigenvalue weighted by molar-refractivity contribution is 5.83. The molecule has 164 valence electrons. The summed E-state index contributed by atoms with van der Waals surface area (Å²) in [6, 6.07) is 0. The average molecular weight is 401 g/mol. The lowest BCUT2D eigenvalue weighted by molar-refractivity contribution is -0.228. The lowest BCUT2D eigenvalue weighted by Crippen LogP contribution is -2.42. The van der Waals surface area contributed by atoms with E-state index < -0.39 is 11.8 Å². The molecule has 3 atom stereocenters. The van der Waals surface area contributed by atoms with Gasteiger partial charge in [-0.15, -0.1) is 0 Å². The van der Waals surface area contributed by atoms with E-state index in [0.29, 0.717) is 24.5 Å². The molecule has 0 aromatic heterocycles. The van der Waals surface area contributed by atoms with Crippen LogP contribution < -0.4 is 0 Å². The molecule has 3 N–H and O–H groups in total. The van der Waals surface area contributed by atoms with Crippen molar-refractivity contribution in [2.75, 3.05) is 13.2 Å². The molecule has 1 rings (SSSR count). The topological polar surface area (TPSA) is 104 Å². The molecular weight excluding hydrogens is 360 g/mol. The molecule has 1 saturated carbocycles. The summed E-state index contributed by atoms with van der Waals surface area (Å²) in [5.74, 6) is -2.58. The van der Waals surface area contributed by atoms with Crippen LogP contribution in [-0.4, -0.2) is 46.1 Å². The summed E-state index contributed by atoms with van der Waals surface area (Å²) in [7, 11) is 0. The van der Waals surface area contributed by atoms with E-state index in [0.717, 1.165) is 32.1 Å². The summed E-state index contributed by atoms with van der Waals surface area (Å²) in [4.78, 5) is 23.4. The fourth-order valence-corrected chi connectivity index (χ4v) is 4.27. The molecule has 0 saturated heterocycles. The van der Waals surface area contributed by atoms with Crippen LogP contribution in [0.4, 0.5) is 0 Å². The second-order valence-corrected chi connectivity index (χ2v) is 8.19. The second-order valence-electron chi connectivity index (χ2n) is 8.19. The first kappa shape index (κ1) is 25.1. The first-order valence-electron chi connectivity index (χ1n) is 11.2. The van der Waals surface area contributed by atoms with E-state index in [1.54, 1.807) is 0 Å². The second kappa shape index (κ2) is 14.1. The molecule has 1 aliphatic carbocycles. The smallest absolute Gasteiger partial charge is 0.364 e. The monoisotopic (exact) mass is 400 g/mol. The Morgan fingerprint density at radius 2 is 1.71 bits per heavy atom. The zero-order valence-corrected chi connectivity index (χ0v) is 17.5. The van der Waals surface area contributed by atoms with E-state index in [1.165, 1.54) is 38.5 Å². The van der Waals surface area contributed by atoms with Crippen LogP contribution in [0.2, 0.25) is 0 Å². The van der Waals surface area contributed by atoms with E-state index in [2.05, 4.69) is 6.92 Å². The molecule has 28 heavy (non-hydrogen) atoms. The number of carbonyl (C=O) groups excluding carboxylic acids is 1. The molecule has 0 aromatic rings. The zero-order valence-electron chi connectivity index (χ0n) is 17.5. The summed E-state index contributed by atoms with van der Waals surface area (Å²) in [6.07, 6.45) is 13.5. The molecule has 0 heterocycles. The van der Waals surface area contributed by atoms with Gasteiger partial charge in [0.05, 0.1) is 13.2 Å². The predicted molar refractivity (Wildman–Crippen MR) is 108 cm³/mol. The van der Waals surface area contributed by atoms with Crippen LogP contribution in [0.25, 0.3) is 0 Å². The van der Waals surface area contributed by atoms with E-state index in [4.69, 9.17) is 14.9 Å². The summed E-state index contributed by atoms with van der Waals surface area (Å²) in [5.41, 5.74) is 0. The number of hydrogen-bond donors (Lipinski definition) is 3. The van der Waals surface area contributed by atoms with Crippen LogP contribution >= 0.6 is 0 Å². The van der Waals surface area contributed by atoms with Gasteiger partial charge in [-0.1, -0.05) is 58.3 Å². The number of ether oxygens (including phenoxy) is 1. The van der Waals surface area contributed by atoms with Crippen molar-refractivity contribution in [1.82, 2.24) is 0 Å². The van der Waals surface area contributed by atoms with Gasteiger partial charge < -0.3 is 20.1 Å². The Kier molecular flexibility index (Phi) is 12.6. The minimum absolute atomic E-state index is 0.0118. The van der Waals surface area contributed by atoms with Gasteiger partial charge in [0.2, 0.25) is 0 Å². The van der Waals surface area contributed by atoms with Crippen LogP contribution in [0.1, 0.15) is 96.8 Å². The van der Waals surface area contributed by atoms with Crippen molar-refractivity contribution in [2.24, 2.45) is 11.8 Å². The highest BCUT2D eigenvalue weighted by Crippen LogP contribution is 2.36. The third-order valence-electron chi connectivity index (χ3n) is 5.97. The standard InChI is InChI=1S/C22H40O6/c1-2-3-4-5-6-8-11-18-13-14-20(24)19(18)12-9-7-10-15-22(27,21(25)26)28-17-16-23/h18-19,23,27H,2-17H2,1H3,(H,25,26)/t18-,19+,22?/m0/s1. The molecule has 6 heteroatoms. The van der Waals surface area contributed by atoms with Crippen molar-refractivity contribution >= 4 is 11.8 Å². The van der Waals surface area contributed by atoms with Gasteiger partial charge in [0, 0.05) is 18.8 Å². The van der Waals surface area contributed by atoms with Crippen molar-refractivity contribution < 1.29 is 29.6 Å². The van der Waals surface area contributed by atoms with Crippen LogP contribution in [0, 0.1) is 11.8 Å². The fraction of sp³-hybridized carbons (Fsp3) is 0.909. The Balaban J connectivity index is 2.26. The Hall–Kier alpha value is -0.980. The minimum atomic E-state index is -2.23. The van der Waals surface area contributed by atoms with Crippen LogP contribution in [0.15, 0.2) is 0 Å². The van der Waals surface area contributed by atoms with Gasteiger partial charge in [-0.25, -0.2) is 4.79 Å². The Morgan fingerprint density at radius 1 is 1.07 bits per heavy atom. The van der Waals surface area contributed by atoms with Crippen LogP contribution in [-0.2, 0) is 14.3 Å². The van der Waals surface area contributed by atoms with Crippen molar-refractivity contribution in [3.05, 3.63) is 0 Å². The third-order valence-corrected chi connectivity index (χ3v) is 5.97. The quantitative estimate of drug-likeness (QED) is 0.251. The van der Waals surface area contributed by atoms with Crippen LogP contribution in [0.3, 0.4) is 0 Å². The summed E-state index contributed by atoms with van der Waals surface area (Å²) in [5, 5.41) is 27.9. The lowest BCUT2D eigenvalue weighted by atomic mass is 9.86. The van der Waals surface area contributed by atoms with Gasteiger partial charge in [0.25, 0.3) is 5.79 Å². The van der Waals surface area contributed by atoms with E-state index in [-0.39, 0.29) is 25.6 Å². The third kappa shape index (κ3) is 9.01. The first-order chi connectivity index (χ1) is 13.4. The number of aliphatic carboxylic acids is 1. The molecule has 6 nitrogen and oxygen atoms in total. The molecule has 0 radical (unpaired) electrons. The highest BCUT2D eigenvalue weighted by Gasteiger charge is 2.37. The van der Waals surface area contributed by atoms with Gasteiger partial charge >= 0.3 is 5.97 Å². The number of carboxylic acids is 1. The number of aliphatic hydroxyl groups excluding tert-OH is 1.